The van der Waals surface area contributed by atoms with Crippen LogP contribution >= 0.6 is 34.4 Å². The van der Waals surface area contributed by atoms with Gasteiger partial charge in [-0.05, 0) is 25.0 Å². The molecular weight excluding hydrogens is 372 g/mol. The Labute approximate surface area is 158 Å². The minimum absolute atomic E-state index is 0.0944. The lowest BCUT2D eigenvalue weighted by Gasteiger charge is -2.32. The number of thioether (sulfide) groups is 1. The van der Waals surface area contributed by atoms with Crippen molar-refractivity contribution in [3.05, 3.63) is 35.8 Å². The fourth-order valence-corrected chi connectivity index (χ4v) is 5.47. The molecular formula is C17H18N4OS3. The number of hydrogen-bond donors (Lipinski definition) is 1. The number of amides is 1. The summed E-state index contributed by atoms with van der Waals surface area (Å²) in [6, 6.07) is 8.33. The summed E-state index contributed by atoms with van der Waals surface area (Å²) >= 11 is 4.83. The van der Waals surface area contributed by atoms with E-state index in [1.165, 1.54) is 16.5 Å². The first-order valence-electron chi connectivity index (χ1n) is 8.20. The molecule has 25 heavy (non-hydrogen) atoms. The van der Waals surface area contributed by atoms with E-state index < -0.39 is 0 Å². The average molecular weight is 391 g/mol. The van der Waals surface area contributed by atoms with Crippen molar-refractivity contribution in [2.45, 2.75) is 23.2 Å². The van der Waals surface area contributed by atoms with Gasteiger partial charge in [-0.3, -0.25) is 4.79 Å². The van der Waals surface area contributed by atoms with Gasteiger partial charge in [-0.1, -0.05) is 23.9 Å². The number of nitrogens with zero attached hydrogens (tertiary/aromatic N) is 3. The van der Waals surface area contributed by atoms with Gasteiger partial charge < -0.3 is 10.2 Å². The predicted molar refractivity (Wildman–Crippen MR) is 106 cm³/mol. The highest BCUT2D eigenvalue weighted by Crippen LogP contribution is 2.29. The summed E-state index contributed by atoms with van der Waals surface area (Å²) in [6.07, 6.45) is 3.78. The maximum atomic E-state index is 12.2. The standard InChI is InChI=1S/C17H18N4OS3/c22-15(11-24-17-20-13-3-1-2-4-14(13)25-17)19-12-5-8-21(9-6-12)16-18-7-10-23-16/h1-4,7,10,12H,5-6,8-9,11H2,(H,19,22). The topological polar surface area (TPSA) is 58.1 Å². The Morgan fingerprint density at radius 1 is 1.32 bits per heavy atom. The lowest BCUT2D eigenvalue weighted by molar-refractivity contribution is -0.119. The number of carbonyl (C=O) groups is 1. The normalized spacial score (nSPS) is 15.6. The highest BCUT2D eigenvalue weighted by molar-refractivity contribution is 8.01. The molecule has 1 fully saturated rings. The van der Waals surface area contributed by atoms with Crippen LogP contribution < -0.4 is 10.2 Å². The van der Waals surface area contributed by atoms with E-state index in [1.807, 2.05) is 29.8 Å². The Bertz CT molecular complexity index is 808. The second-order valence-electron chi connectivity index (χ2n) is 5.88. The maximum Gasteiger partial charge on any atom is 0.230 e. The summed E-state index contributed by atoms with van der Waals surface area (Å²) in [7, 11) is 0. The molecule has 1 aliphatic heterocycles. The molecule has 130 valence electrons. The number of carbonyl (C=O) groups excluding carboxylic acids is 1. The molecule has 5 nitrogen and oxygen atoms in total. The molecule has 1 amide bonds. The molecule has 0 radical (unpaired) electrons. The van der Waals surface area contributed by atoms with Crippen LogP contribution in [0.5, 0.6) is 0 Å². The van der Waals surface area contributed by atoms with Crippen LogP contribution in [0, 0.1) is 0 Å². The molecule has 1 saturated heterocycles. The number of rotatable bonds is 5. The number of fused-ring (bicyclic) bond motifs is 1. The third kappa shape index (κ3) is 4.13. The van der Waals surface area contributed by atoms with Crippen molar-refractivity contribution in [2.75, 3.05) is 23.7 Å². The monoisotopic (exact) mass is 390 g/mol. The molecule has 1 aromatic carbocycles. The molecule has 1 N–H and O–H groups in total. The van der Waals surface area contributed by atoms with Crippen molar-refractivity contribution in [1.82, 2.24) is 15.3 Å². The zero-order chi connectivity index (χ0) is 17.1. The second kappa shape index (κ2) is 7.72. The van der Waals surface area contributed by atoms with Crippen LogP contribution in [0.4, 0.5) is 5.13 Å². The Morgan fingerprint density at radius 2 is 2.16 bits per heavy atom. The molecule has 0 bridgehead atoms. The van der Waals surface area contributed by atoms with E-state index in [1.54, 1.807) is 22.7 Å². The minimum Gasteiger partial charge on any atom is -0.353 e. The number of piperidine rings is 1. The van der Waals surface area contributed by atoms with Crippen LogP contribution in [-0.2, 0) is 4.79 Å². The molecule has 0 unspecified atom stereocenters. The van der Waals surface area contributed by atoms with Crippen molar-refractivity contribution in [2.24, 2.45) is 0 Å². The van der Waals surface area contributed by atoms with E-state index in [-0.39, 0.29) is 11.9 Å². The van der Waals surface area contributed by atoms with Gasteiger partial charge in [0.15, 0.2) is 9.47 Å². The van der Waals surface area contributed by atoms with E-state index in [9.17, 15) is 4.79 Å². The molecule has 1 aliphatic rings. The van der Waals surface area contributed by atoms with Gasteiger partial charge in [-0.15, -0.1) is 22.7 Å². The summed E-state index contributed by atoms with van der Waals surface area (Å²) in [4.78, 5) is 23.4. The highest BCUT2D eigenvalue weighted by atomic mass is 32.2. The number of para-hydroxylation sites is 1. The van der Waals surface area contributed by atoms with Gasteiger partial charge in [0.2, 0.25) is 5.91 Å². The lowest BCUT2D eigenvalue weighted by atomic mass is 10.1. The summed E-state index contributed by atoms with van der Waals surface area (Å²) in [5.41, 5.74) is 1.00. The van der Waals surface area contributed by atoms with E-state index in [2.05, 4.69) is 26.3 Å². The molecule has 0 aliphatic carbocycles. The Hall–Kier alpha value is -1.64. The predicted octanol–water partition coefficient (Wildman–Crippen LogP) is 3.63. The van der Waals surface area contributed by atoms with Gasteiger partial charge in [-0.25, -0.2) is 9.97 Å². The summed E-state index contributed by atoms with van der Waals surface area (Å²) in [5.74, 6) is 0.518. The fourth-order valence-electron chi connectivity index (χ4n) is 2.90. The van der Waals surface area contributed by atoms with Crippen molar-refractivity contribution >= 4 is 55.7 Å². The first kappa shape index (κ1) is 16.8. The van der Waals surface area contributed by atoms with Crippen molar-refractivity contribution < 1.29 is 4.79 Å². The molecule has 8 heteroatoms. The summed E-state index contributed by atoms with van der Waals surface area (Å²) < 4.78 is 2.12. The zero-order valence-electron chi connectivity index (χ0n) is 13.6. The Balaban J connectivity index is 1.24. The lowest BCUT2D eigenvalue weighted by Crippen LogP contribution is -2.45. The number of hydrogen-bond acceptors (Lipinski definition) is 7. The van der Waals surface area contributed by atoms with Gasteiger partial charge in [0.05, 0.1) is 16.0 Å². The molecule has 4 rings (SSSR count). The first-order chi connectivity index (χ1) is 12.3. The van der Waals surface area contributed by atoms with E-state index in [0.29, 0.717) is 5.75 Å². The smallest absolute Gasteiger partial charge is 0.230 e. The van der Waals surface area contributed by atoms with E-state index in [0.717, 1.165) is 40.9 Å². The van der Waals surface area contributed by atoms with Gasteiger partial charge in [-0.2, -0.15) is 0 Å². The number of nitrogens with one attached hydrogen (secondary N) is 1. The van der Waals surface area contributed by atoms with Crippen LogP contribution in [0.3, 0.4) is 0 Å². The fraction of sp³-hybridized carbons (Fsp3) is 0.353. The SMILES string of the molecule is O=C(CSc1nc2ccccc2s1)NC1CCN(c2nccs2)CC1. The van der Waals surface area contributed by atoms with Crippen LogP contribution in [0.25, 0.3) is 10.2 Å². The highest BCUT2D eigenvalue weighted by Gasteiger charge is 2.22. The van der Waals surface area contributed by atoms with Gasteiger partial charge >= 0.3 is 0 Å². The molecule has 0 atom stereocenters. The van der Waals surface area contributed by atoms with Crippen LogP contribution in [0.2, 0.25) is 0 Å². The molecule has 0 saturated carbocycles. The Kier molecular flexibility index (Phi) is 5.19. The quantitative estimate of drug-likeness (QED) is 0.674. The van der Waals surface area contributed by atoms with Crippen LogP contribution in [0.1, 0.15) is 12.8 Å². The zero-order valence-corrected chi connectivity index (χ0v) is 16.0. The summed E-state index contributed by atoms with van der Waals surface area (Å²) in [6.45, 7) is 1.90. The van der Waals surface area contributed by atoms with Gasteiger partial charge in [0.1, 0.15) is 0 Å². The molecule has 3 aromatic rings. The Morgan fingerprint density at radius 3 is 2.92 bits per heavy atom. The number of anilines is 1. The van der Waals surface area contributed by atoms with E-state index in [4.69, 9.17) is 0 Å². The van der Waals surface area contributed by atoms with Crippen LogP contribution in [-0.4, -0.2) is 40.8 Å². The van der Waals surface area contributed by atoms with Crippen molar-refractivity contribution in [3.8, 4) is 0 Å². The largest absolute Gasteiger partial charge is 0.353 e. The number of thiazole rings is 2. The van der Waals surface area contributed by atoms with Crippen molar-refractivity contribution in [1.29, 1.82) is 0 Å². The number of aromatic nitrogens is 2. The third-order valence-electron chi connectivity index (χ3n) is 4.15. The first-order valence-corrected chi connectivity index (χ1v) is 10.9. The second-order valence-corrected chi connectivity index (χ2v) is 9.01. The van der Waals surface area contributed by atoms with Gasteiger partial charge in [0.25, 0.3) is 0 Å². The number of benzene rings is 1. The van der Waals surface area contributed by atoms with E-state index >= 15 is 0 Å². The minimum atomic E-state index is 0.0944. The van der Waals surface area contributed by atoms with Crippen LogP contribution in [0.15, 0.2) is 40.2 Å². The molecule has 3 heterocycles. The third-order valence-corrected chi connectivity index (χ3v) is 7.16. The maximum absolute atomic E-state index is 12.2. The average Bonchev–Trinajstić information content (AvgIpc) is 3.30. The molecule has 0 spiro atoms. The summed E-state index contributed by atoms with van der Waals surface area (Å²) in [5, 5.41) is 6.24. The van der Waals surface area contributed by atoms with Crippen molar-refractivity contribution in [3.63, 3.8) is 0 Å². The van der Waals surface area contributed by atoms with Gasteiger partial charge in [0, 0.05) is 30.7 Å². The molecule has 2 aromatic heterocycles.